The van der Waals surface area contributed by atoms with Crippen LogP contribution in [0.15, 0.2) is 30.5 Å². The molecule has 2 aromatic rings. The van der Waals surface area contributed by atoms with Crippen LogP contribution in [0, 0.1) is 12.7 Å². The quantitative estimate of drug-likeness (QED) is 0.875. The number of nitrogens with one attached hydrogen (secondary N) is 1. The van der Waals surface area contributed by atoms with Crippen LogP contribution in [-0.2, 0) is 16.6 Å². The van der Waals surface area contributed by atoms with Gasteiger partial charge in [-0.2, -0.15) is 4.98 Å². The van der Waals surface area contributed by atoms with Gasteiger partial charge in [-0.25, -0.2) is 17.8 Å². The zero-order valence-corrected chi connectivity index (χ0v) is 13.3. The second-order valence-electron chi connectivity index (χ2n) is 5.47. The van der Waals surface area contributed by atoms with Crippen molar-refractivity contribution in [3.8, 4) is 6.01 Å². The van der Waals surface area contributed by atoms with Gasteiger partial charge in [-0.3, -0.25) is 4.72 Å². The average molecular weight is 337 g/mol. The molecule has 0 spiro atoms. The van der Waals surface area contributed by atoms with Gasteiger partial charge < -0.3 is 4.74 Å². The van der Waals surface area contributed by atoms with Crippen molar-refractivity contribution in [1.82, 2.24) is 9.97 Å². The van der Waals surface area contributed by atoms with Crippen LogP contribution in [0.2, 0.25) is 0 Å². The Kier molecular flexibility index (Phi) is 4.16. The fourth-order valence-electron chi connectivity index (χ4n) is 1.92. The van der Waals surface area contributed by atoms with E-state index in [0.29, 0.717) is 12.8 Å². The molecule has 1 saturated carbocycles. The maximum absolute atomic E-state index is 13.7. The smallest absolute Gasteiger partial charge is 0.318 e. The second-order valence-corrected chi connectivity index (χ2v) is 7.43. The number of ether oxygens (including phenoxy) is 1. The van der Waals surface area contributed by atoms with E-state index in [-0.39, 0.29) is 18.4 Å². The summed E-state index contributed by atoms with van der Waals surface area (Å²) in [5.74, 6) is -1.22. The Bertz CT molecular complexity index is 805. The summed E-state index contributed by atoms with van der Waals surface area (Å²) in [4.78, 5) is 7.52. The van der Waals surface area contributed by atoms with Gasteiger partial charge >= 0.3 is 6.01 Å². The molecule has 1 aliphatic carbocycles. The molecule has 122 valence electrons. The molecular formula is C15H16FN3O3S. The van der Waals surface area contributed by atoms with E-state index in [1.165, 1.54) is 0 Å². The molecule has 3 rings (SSSR count). The van der Waals surface area contributed by atoms with Gasteiger partial charge in [0, 0.05) is 0 Å². The monoisotopic (exact) mass is 337 g/mol. The van der Waals surface area contributed by atoms with Crippen molar-refractivity contribution < 1.29 is 17.5 Å². The topological polar surface area (TPSA) is 81.2 Å². The summed E-state index contributed by atoms with van der Waals surface area (Å²) < 4.78 is 45.0. The number of aromatic nitrogens is 2. The van der Waals surface area contributed by atoms with Crippen molar-refractivity contribution in [2.24, 2.45) is 0 Å². The molecule has 1 N–H and O–H groups in total. The third-order valence-electron chi connectivity index (χ3n) is 3.41. The number of halogens is 1. The first kappa shape index (κ1) is 15.7. The maximum atomic E-state index is 13.7. The Morgan fingerprint density at radius 2 is 2.00 bits per heavy atom. The summed E-state index contributed by atoms with van der Waals surface area (Å²) in [6, 6.07) is 7.60. The third kappa shape index (κ3) is 3.95. The Hall–Kier alpha value is -2.22. The van der Waals surface area contributed by atoms with Crippen LogP contribution >= 0.6 is 0 Å². The van der Waals surface area contributed by atoms with Gasteiger partial charge in [0.25, 0.3) is 0 Å². The molecule has 0 saturated heterocycles. The number of hydrogen-bond acceptors (Lipinski definition) is 5. The lowest BCUT2D eigenvalue weighted by molar-refractivity contribution is 0.280. The molecule has 1 aliphatic rings. The standard InChI is InChI=1S/C15H16FN3O3S/c1-10-2-4-11(5-3-10)9-22-15-17-8-13(16)14(18-15)19-23(20,21)12-6-7-12/h2-5,8,12H,6-7,9H2,1H3,(H,17,18,19). The van der Waals surface area contributed by atoms with Gasteiger partial charge in [-0.15, -0.1) is 0 Å². The van der Waals surface area contributed by atoms with Crippen molar-refractivity contribution in [3.63, 3.8) is 0 Å². The summed E-state index contributed by atoms with van der Waals surface area (Å²) in [7, 11) is -3.59. The highest BCUT2D eigenvalue weighted by Gasteiger charge is 2.36. The van der Waals surface area contributed by atoms with Gasteiger partial charge in [0.1, 0.15) is 6.61 Å². The molecule has 0 atom stereocenters. The predicted octanol–water partition coefficient (Wildman–Crippen LogP) is 2.41. The Morgan fingerprint density at radius 3 is 2.65 bits per heavy atom. The van der Waals surface area contributed by atoms with Gasteiger partial charge in [-0.05, 0) is 25.3 Å². The van der Waals surface area contributed by atoms with Crippen LogP contribution < -0.4 is 9.46 Å². The van der Waals surface area contributed by atoms with Crippen molar-refractivity contribution in [2.75, 3.05) is 4.72 Å². The minimum Gasteiger partial charge on any atom is -0.459 e. The maximum Gasteiger partial charge on any atom is 0.318 e. The molecule has 0 bridgehead atoms. The molecule has 0 radical (unpaired) electrons. The first-order valence-corrected chi connectivity index (χ1v) is 8.71. The predicted molar refractivity (Wildman–Crippen MR) is 83.1 cm³/mol. The Balaban J connectivity index is 1.70. The van der Waals surface area contributed by atoms with Gasteiger partial charge in [-0.1, -0.05) is 29.8 Å². The van der Waals surface area contributed by atoms with Crippen LogP contribution in [0.25, 0.3) is 0 Å². The lowest BCUT2D eigenvalue weighted by atomic mass is 10.2. The van der Waals surface area contributed by atoms with E-state index in [2.05, 4.69) is 14.7 Å². The lowest BCUT2D eigenvalue weighted by Crippen LogP contribution is -2.19. The van der Waals surface area contributed by atoms with Crippen LogP contribution in [0.4, 0.5) is 10.2 Å². The lowest BCUT2D eigenvalue weighted by Gasteiger charge is -2.09. The molecule has 6 nitrogen and oxygen atoms in total. The molecule has 0 amide bonds. The van der Waals surface area contributed by atoms with Gasteiger partial charge in [0.05, 0.1) is 11.4 Å². The fraction of sp³-hybridized carbons (Fsp3) is 0.333. The average Bonchev–Trinajstić information content (AvgIpc) is 3.35. The largest absolute Gasteiger partial charge is 0.459 e. The molecular weight excluding hydrogens is 321 g/mol. The van der Waals surface area contributed by atoms with Gasteiger partial charge in [0.15, 0.2) is 11.6 Å². The zero-order chi connectivity index (χ0) is 16.4. The Labute approximate surface area is 133 Å². The van der Waals surface area contributed by atoms with Crippen LogP contribution in [0.5, 0.6) is 6.01 Å². The van der Waals surface area contributed by atoms with Crippen LogP contribution in [0.1, 0.15) is 24.0 Å². The summed E-state index contributed by atoms with van der Waals surface area (Å²) in [6.45, 7) is 2.19. The summed E-state index contributed by atoms with van der Waals surface area (Å²) >= 11 is 0. The SMILES string of the molecule is Cc1ccc(COc2ncc(F)c(NS(=O)(=O)C3CC3)n2)cc1. The van der Waals surface area contributed by atoms with Crippen molar-refractivity contribution >= 4 is 15.8 Å². The number of aryl methyl sites for hydroxylation is 1. The van der Waals surface area contributed by atoms with E-state index in [9.17, 15) is 12.8 Å². The molecule has 1 heterocycles. The third-order valence-corrected chi connectivity index (χ3v) is 5.24. The first-order chi connectivity index (χ1) is 10.9. The van der Waals surface area contributed by atoms with Crippen molar-refractivity contribution in [2.45, 2.75) is 31.6 Å². The van der Waals surface area contributed by atoms with E-state index >= 15 is 0 Å². The normalized spacial score (nSPS) is 14.5. The molecule has 1 aromatic heterocycles. The molecule has 1 fully saturated rings. The van der Waals surface area contributed by atoms with E-state index in [4.69, 9.17) is 4.74 Å². The molecule has 1 aromatic carbocycles. The number of hydrogen-bond donors (Lipinski definition) is 1. The second kappa shape index (κ2) is 6.11. The minimum atomic E-state index is -3.59. The summed E-state index contributed by atoms with van der Waals surface area (Å²) in [5.41, 5.74) is 2.03. The molecule has 8 heteroatoms. The van der Waals surface area contributed by atoms with Crippen molar-refractivity contribution in [1.29, 1.82) is 0 Å². The zero-order valence-electron chi connectivity index (χ0n) is 12.5. The molecule has 0 unspecified atom stereocenters. The number of rotatable bonds is 6. The molecule has 0 aliphatic heterocycles. The van der Waals surface area contributed by atoms with E-state index in [1.54, 1.807) is 0 Å². The highest BCUT2D eigenvalue weighted by atomic mass is 32.2. The number of nitrogens with zero attached hydrogens (tertiary/aromatic N) is 2. The molecule has 23 heavy (non-hydrogen) atoms. The number of benzene rings is 1. The van der Waals surface area contributed by atoms with E-state index < -0.39 is 21.1 Å². The summed E-state index contributed by atoms with van der Waals surface area (Å²) in [6.07, 6.45) is 2.06. The highest BCUT2D eigenvalue weighted by Crippen LogP contribution is 2.30. The van der Waals surface area contributed by atoms with E-state index in [1.807, 2.05) is 31.2 Å². The van der Waals surface area contributed by atoms with E-state index in [0.717, 1.165) is 17.3 Å². The summed E-state index contributed by atoms with van der Waals surface area (Å²) in [5, 5.41) is -0.464. The Morgan fingerprint density at radius 1 is 1.30 bits per heavy atom. The number of anilines is 1. The minimum absolute atomic E-state index is 0.0829. The fourth-order valence-corrected chi connectivity index (χ4v) is 3.26. The van der Waals surface area contributed by atoms with Crippen LogP contribution in [-0.4, -0.2) is 23.6 Å². The van der Waals surface area contributed by atoms with Gasteiger partial charge in [0.2, 0.25) is 10.0 Å². The first-order valence-electron chi connectivity index (χ1n) is 7.16. The highest BCUT2D eigenvalue weighted by molar-refractivity contribution is 7.93. The van der Waals surface area contributed by atoms with Crippen molar-refractivity contribution in [3.05, 3.63) is 47.4 Å². The van der Waals surface area contributed by atoms with Crippen LogP contribution in [0.3, 0.4) is 0 Å². The number of sulfonamides is 1.